The van der Waals surface area contributed by atoms with Gasteiger partial charge in [0.05, 0.1) is 13.1 Å². The van der Waals surface area contributed by atoms with Crippen molar-refractivity contribution >= 4 is 11.9 Å². The summed E-state index contributed by atoms with van der Waals surface area (Å²) in [6.07, 6.45) is 1.84. The van der Waals surface area contributed by atoms with Gasteiger partial charge in [-0.15, -0.1) is 0 Å². The van der Waals surface area contributed by atoms with Crippen molar-refractivity contribution in [1.82, 2.24) is 0 Å². The number of hydrogen-bond donors (Lipinski definition) is 0. The normalized spacial score (nSPS) is 19.3. The lowest BCUT2D eigenvalue weighted by molar-refractivity contribution is 1.16. The average Bonchev–Trinajstić information content (AvgIpc) is 1.69. The standard InChI is InChI=1S/C5H8N2/c1-5-4-6-2-3-7-5/h2H,3-4H2,1H3. The highest BCUT2D eigenvalue weighted by molar-refractivity contribution is 5.88. The largest absolute Gasteiger partial charge is 0.290 e. The Morgan fingerprint density at radius 2 is 2.57 bits per heavy atom. The zero-order chi connectivity index (χ0) is 5.11. The van der Waals surface area contributed by atoms with Crippen LogP contribution in [0.5, 0.6) is 0 Å². The van der Waals surface area contributed by atoms with Crippen LogP contribution in [0.15, 0.2) is 9.98 Å². The van der Waals surface area contributed by atoms with Gasteiger partial charge in [-0.2, -0.15) is 0 Å². The highest BCUT2D eigenvalue weighted by Crippen LogP contribution is 1.83. The quantitative estimate of drug-likeness (QED) is 0.420. The Bertz CT molecular complexity index is 113. The fourth-order valence-corrected chi connectivity index (χ4v) is 0.501. The first-order valence-electron chi connectivity index (χ1n) is 2.38. The van der Waals surface area contributed by atoms with Gasteiger partial charge in [0.1, 0.15) is 0 Å². The molecule has 0 saturated carbocycles. The van der Waals surface area contributed by atoms with Crippen molar-refractivity contribution in [1.29, 1.82) is 0 Å². The van der Waals surface area contributed by atoms with Gasteiger partial charge in [-0.1, -0.05) is 0 Å². The second-order valence-electron chi connectivity index (χ2n) is 1.60. The van der Waals surface area contributed by atoms with Crippen molar-refractivity contribution < 1.29 is 0 Å². The monoisotopic (exact) mass is 96.1 g/mol. The highest BCUT2D eigenvalue weighted by Gasteiger charge is 1.89. The Morgan fingerprint density at radius 3 is 2.86 bits per heavy atom. The van der Waals surface area contributed by atoms with E-state index in [1.807, 2.05) is 13.1 Å². The van der Waals surface area contributed by atoms with Crippen molar-refractivity contribution in [3.05, 3.63) is 0 Å². The Balaban J connectivity index is 2.50. The SMILES string of the molecule is CC1=NCC=NC1. The third kappa shape index (κ3) is 1.11. The summed E-state index contributed by atoms with van der Waals surface area (Å²) in [5.74, 6) is 0. The van der Waals surface area contributed by atoms with E-state index in [1.165, 1.54) is 0 Å². The second-order valence-corrected chi connectivity index (χ2v) is 1.60. The Kier molecular flexibility index (Phi) is 1.20. The summed E-state index contributed by atoms with van der Waals surface area (Å²) in [6, 6.07) is 0. The molecule has 0 N–H and O–H groups in total. The van der Waals surface area contributed by atoms with Gasteiger partial charge in [-0.05, 0) is 6.92 Å². The molecule has 1 aliphatic rings. The van der Waals surface area contributed by atoms with E-state index in [9.17, 15) is 0 Å². The summed E-state index contributed by atoms with van der Waals surface area (Å²) >= 11 is 0. The third-order valence-electron chi connectivity index (χ3n) is 0.892. The third-order valence-corrected chi connectivity index (χ3v) is 0.892. The molecule has 38 valence electrons. The van der Waals surface area contributed by atoms with E-state index in [-0.39, 0.29) is 0 Å². The van der Waals surface area contributed by atoms with E-state index in [0.717, 1.165) is 18.8 Å². The Labute approximate surface area is 43.0 Å². The molecule has 0 fully saturated rings. The predicted molar refractivity (Wildman–Crippen MR) is 31.3 cm³/mol. The maximum Gasteiger partial charge on any atom is 0.0762 e. The van der Waals surface area contributed by atoms with E-state index in [2.05, 4.69) is 9.98 Å². The van der Waals surface area contributed by atoms with Crippen LogP contribution in [0.1, 0.15) is 6.92 Å². The van der Waals surface area contributed by atoms with Crippen LogP contribution in [0.25, 0.3) is 0 Å². The molecule has 0 saturated heterocycles. The molecule has 0 aliphatic carbocycles. The van der Waals surface area contributed by atoms with E-state index in [1.54, 1.807) is 0 Å². The molecule has 0 spiro atoms. The summed E-state index contributed by atoms with van der Waals surface area (Å²) in [5.41, 5.74) is 1.14. The molecule has 0 aromatic carbocycles. The molecule has 7 heavy (non-hydrogen) atoms. The van der Waals surface area contributed by atoms with Gasteiger partial charge in [0, 0.05) is 11.9 Å². The van der Waals surface area contributed by atoms with Crippen molar-refractivity contribution in [3.63, 3.8) is 0 Å². The van der Waals surface area contributed by atoms with Gasteiger partial charge in [0.15, 0.2) is 0 Å². The molecule has 0 aromatic heterocycles. The highest BCUT2D eigenvalue weighted by atomic mass is 14.9. The van der Waals surface area contributed by atoms with E-state index < -0.39 is 0 Å². The molecular weight excluding hydrogens is 88.1 g/mol. The average molecular weight is 96.1 g/mol. The van der Waals surface area contributed by atoms with Crippen molar-refractivity contribution in [2.24, 2.45) is 9.98 Å². The molecule has 0 amide bonds. The van der Waals surface area contributed by atoms with E-state index in [4.69, 9.17) is 0 Å². The fraction of sp³-hybridized carbons (Fsp3) is 0.600. The molecule has 0 atom stereocenters. The van der Waals surface area contributed by atoms with Crippen LogP contribution in [0.4, 0.5) is 0 Å². The van der Waals surface area contributed by atoms with Crippen LogP contribution in [0.2, 0.25) is 0 Å². The molecule has 0 unspecified atom stereocenters. The van der Waals surface area contributed by atoms with Crippen LogP contribution >= 0.6 is 0 Å². The van der Waals surface area contributed by atoms with E-state index >= 15 is 0 Å². The lowest BCUT2D eigenvalue weighted by Gasteiger charge is -1.97. The van der Waals surface area contributed by atoms with Crippen LogP contribution in [-0.2, 0) is 0 Å². The summed E-state index contributed by atoms with van der Waals surface area (Å²) < 4.78 is 0. The van der Waals surface area contributed by atoms with Gasteiger partial charge >= 0.3 is 0 Å². The van der Waals surface area contributed by atoms with Gasteiger partial charge in [-0.3, -0.25) is 9.98 Å². The summed E-state index contributed by atoms with van der Waals surface area (Å²) in [7, 11) is 0. The topological polar surface area (TPSA) is 24.7 Å². The minimum atomic E-state index is 0.784. The van der Waals surface area contributed by atoms with Crippen molar-refractivity contribution in [2.75, 3.05) is 13.1 Å². The predicted octanol–water partition coefficient (Wildman–Crippen LogP) is 0.532. The molecule has 0 aromatic rings. The maximum atomic E-state index is 4.10. The first-order valence-corrected chi connectivity index (χ1v) is 2.38. The summed E-state index contributed by atoms with van der Waals surface area (Å²) in [5, 5.41) is 0. The Hall–Kier alpha value is -0.660. The second kappa shape index (κ2) is 1.87. The lowest BCUT2D eigenvalue weighted by Crippen LogP contribution is -2.04. The molecular formula is C5H8N2. The van der Waals surface area contributed by atoms with Crippen molar-refractivity contribution in [3.8, 4) is 0 Å². The molecule has 1 aliphatic heterocycles. The molecule has 2 nitrogen and oxygen atoms in total. The number of rotatable bonds is 0. The molecule has 1 heterocycles. The molecule has 0 bridgehead atoms. The zero-order valence-electron chi connectivity index (χ0n) is 4.39. The molecule has 0 radical (unpaired) electrons. The first-order chi connectivity index (χ1) is 3.39. The van der Waals surface area contributed by atoms with Gasteiger partial charge in [0.25, 0.3) is 0 Å². The smallest absolute Gasteiger partial charge is 0.0762 e. The van der Waals surface area contributed by atoms with Crippen LogP contribution in [0, 0.1) is 0 Å². The van der Waals surface area contributed by atoms with Gasteiger partial charge in [0.2, 0.25) is 0 Å². The van der Waals surface area contributed by atoms with Crippen molar-refractivity contribution in [2.45, 2.75) is 6.92 Å². The minimum absolute atomic E-state index is 0.784. The van der Waals surface area contributed by atoms with Gasteiger partial charge < -0.3 is 0 Å². The number of aliphatic imine (C=N–C) groups is 2. The number of hydrogen-bond acceptors (Lipinski definition) is 2. The van der Waals surface area contributed by atoms with E-state index in [0.29, 0.717) is 0 Å². The molecule has 2 heteroatoms. The van der Waals surface area contributed by atoms with Gasteiger partial charge in [-0.25, -0.2) is 0 Å². The number of nitrogens with zero attached hydrogens (tertiary/aromatic N) is 2. The first kappa shape index (κ1) is 4.50. The molecule has 1 rings (SSSR count). The Morgan fingerprint density at radius 1 is 1.71 bits per heavy atom. The minimum Gasteiger partial charge on any atom is -0.290 e. The van der Waals surface area contributed by atoms with Crippen LogP contribution in [0.3, 0.4) is 0 Å². The fourth-order valence-electron chi connectivity index (χ4n) is 0.501. The van der Waals surface area contributed by atoms with Crippen LogP contribution < -0.4 is 0 Å². The maximum absolute atomic E-state index is 4.10. The zero-order valence-corrected chi connectivity index (χ0v) is 4.39. The van der Waals surface area contributed by atoms with Crippen LogP contribution in [-0.4, -0.2) is 25.0 Å². The summed E-state index contributed by atoms with van der Waals surface area (Å²) in [4.78, 5) is 8.10. The lowest BCUT2D eigenvalue weighted by atomic mass is 10.4. The summed E-state index contributed by atoms with van der Waals surface area (Å²) in [6.45, 7) is 3.59.